The molecule has 0 saturated heterocycles. The van der Waals surface area contributed by atoms with Crippen LogP contribution in [0, 0.1) is 6.92 Å². The van der Waals surface area contributed by atoms with E-state index >= 15 is 0 Å². The maximum Gasteiger partial charge on any atom is 1.00 e. The first-order valence-corrected chi connectivity index (χ1v) is 3.56. The number of nitrogens with two attached hydrogens (primary N) is 1. The molecule has 0 bridgehead atoms. The van der Waals surface area contributed by atoms with E-state index in [0.717, 1.165) is 0 Å². The van der Waals surface area contributed by atoms with Gasteiger partial charge in [0.15, 0.2) is 0 Å². The third kappa shape index (κ3) is 3.81. The summed E-state index contributed by atoms with van der Waals surface area (Å²) in [5.74, 6) is -0.370. The normalized spacial score (nSPS) is 8.69. The maximum atomic E-state index is 11.1. The number of esters is 1. The van der Waals surface area contributed by atoms with E-state index in [9.17, 15) is 4.79 Å². The van der Waals surface area contributed by atoms with Gasteiger partial charge < -0.3 is 17.4 Å². The van der Waals surface area contributed by atoms with Gasteiger partial charge in [-0.1, -0.05) is 0 Å². The molecule has 0 fully saturated rings. The molecule has 0 aliphatic heterocycles. The largest absolute Gasteiger partial charge is 1.00 e. The van der Waals surface area contributed by atoms with Crippen molar-refractivity contribution in [1.82, 2.24) is 0 Å². The summed E-state index contributed by atoms with van der Waals surface area (Å²) in [6.07, 6.45) is 0. The molecule has 2 N–H and O–H groups in total. The molecule has 0 aliphatic carbocycles. The second kappa shape index (κ2) is 6.02. The molecule has 0 heterocycles. The summed E-state index contributed by atoms with van der Waals surface area (Å²) in [7, 11) is 0. The fraction of sp³-hybridized carbons (Fsp3) is 0.111. The minimum Gasteiger partial charge on any atom is -0.495 e. The standard InChI is InChI=1S/C9H10NO2.Na/c1-2-12-9(11)7-3-5-8(10)6-4-7;/h3-6H,1-2,10H2;/q-1;+1. The van der Waals surface area contributed by atoms with Crippen LogP contribution in [0.3, 0.4) is 0 Å². The predicted octanol–water partition coefficient (Wildman–Crippen LogP) is -1.74. The second-order valence-corrected chi connectivity index (χ2v) is 2.26. The maximum absolute atomic E-state index is 11.1. The van der Waals surface area contributed by atoms with E-state index in [4.69, 9.17) is 5.73 Å². The molecule has 0 aromatic heterocycles. The number of nitrogen functional groups attached to an aromatic ring is 1. The molecular weight excluding hydrogens is 177 g/mol. The van der Waals surface area contributed by atoms with Crippen molar-refractivity contribution >= 4 is 11.7 Å². The summed E-state index contributed by atoms with van der Waals surface area (Å²) < 4.78 is 4.68. The number of carbonyl (C=O) groups excluding carboxylic acids is 1. The number of rotatable bonds is 2. The van der Waals surface area contributed by atoms with Crippen LogP contribution in [0.2, 0.25) is 0 Å². The monoisotopic (exact) mass is 187 g/mol. The summed E-state index contributed by atoms with van der Waals surface area (Å²) in [4.78, 5) is 11.1. The summed E-state index contributed by atoms with van der Waals surface area (Å²) in [6, 6.07) is 6.54. The quantitative estimate of drug-likeness (QED) is 0.259. The predicted molar refractivity (Wildman–Crippen MR) is 46.5 cm³/mol. The Labute approximate surface area is 99.6 Å². The van der Waals surface area contributed by atoms with Gasteiger partial charge in [-0.25, -0.2) is 4.79 Å². The number of anilines is 1. The molecule has 64 valence electrons. The molecule has 0 aliphatic rings. The van der Waals surface area contributed by atoms with E-state index in [-0.39, 0.29) is 42.1 Å². The Morgan fingerprint density at radius 2 is 1.92 bits per heavy atom. The van der Waals surface area contributed by atoms with Gasteiger partial charge in [0.25, 0.3) is 0 Å². The van der Waals surface area contributed by atoms with Crippen molar-refractivity contribution in [1.29, 1.82) is 0 Å². The van der Waals surface area contributed by atoms with Gasteiger partial charge in [0.05, 0.1) is 5.56 Å². The van der Waals surface area contributed by atoms with Crippen LogP contribution in [0.15, 0.2) is 24.3 Å². The third-order valence-electron chi connectivity index (χ3n) is 1.38. The molecule has 3 nitrogen and oxygen atoms in total. The van der Waals surface area contributed by atoms with Crippen molar-refractivity contribution in [2.45, 2.75) is 0 Å². The van der Waals surface area contributed by atoms with E-state index in [1.165, 1.54) is 0 Å². The summed E-state index contributed by atoms with van der Waals surface area (Å²) in [6.45, 7) is 3.54. The van der Waals surface area contributed by atoms with Gasteiger partial charge in [-0.3, -0.25) is 0 Å². The Balaban J connectivity index is 0.00000144. The first-order valence-electron chi connectivity index (χ1n) is 3.56. The summed E-state index contributed by atoms with van der Waals surface area (Å²) >= 11 is 0. The number of hydrogen-bond donors (Lipinski definition) is 1. The topological polar surface area (TPSA) is 52.3 Å². The van der Waals surface area contributed by atoms with Crippen LogP contribution in [-0.4, -0.2) is 12.6 Å². The van der Waals surface area contributed by atoms with Crippen LogP contribution in [0.5, 0.6) is 0 Å². The smallest absolute Gasteiger partial charge is 0.495 e. The number of benzene rings is 1. The van der Waals surface area contributed by atoms with Crippen LogP contribution in [0.4, 0.5) is 5.69 Å². The SMILES string of the molecule is [CH2-]COC(=O)c1ccc(N)cc1.[Na+]. The molecule has 13 heavy (non-hydrogen) atoms. The molecule has 4 heteroatoms. The van der Waals surface area contributed by atoms with Crippen molar-refractivity contribution in [3.63, 3.8) is 0 Å². The van der Waals surface area contributed by atoms with Gasteiger partial charge in [-0.2, -0.15) is 0 Å². The zero-order chi connectivity index (χ0) is 8.97. The van der Waals surface area contributed by atoms with Crippen LogP contribution < -0.4 is 35.3 Å². The molecule has 0 saturated carbocycles. The Morgan fingerprint density at radius 3 is 2.38 bits per heavy atom. The van der Waals surface area contributed by atoms with Crippen molar-refractivity contribution in [3.8, 4) is 0 Å². The van der Waals surface area contributed by atoms with E-state index in [1.54, 1.807) is 24.3 Å². The van der Waals surface area contributed by atoms with Crippen LogP contribution in [-0.2, 0) is 4.74 Å². The van der Waals surface area contributed by atoms with Crippen molar-refractivity contribution in [2.24, 2.45) is 0 Å². The van der Waals surface area contributed by atoms with E-state index < -0.39 is 0 Å². The summed E-state index contributed by atoms with van der Waals surface area (Å²) in [5.41, 5.74) is 6.56. The zero-order valence-electron chi connectivity index (χ0n) is 7.62. The Morgan fingerprint density at radius 1 is 1.38 bits per heavy atom. The van der Waals surface area contributed by atoms with Crippen molar-refractivity contribution in [2.75, 3.05) is 12.3 Å². The van der Waals surface area contributed by atoms with Crippen LogP contribution in [0.1, 0.15) is 10.4 Å². The second-order valence-electron chi connectivity index (χ2n) is 2.26. The van der Waals surface area contributed by atoms with E-state index in [2.05, 4.69) is 11.7 Å². The third-order valence-corrected chi connectivity index (χ3v) is 1.38. The van der Waals surface area contributed by atoms with Crippen molar-refractivity contribution in [3.05, 3.63) is 36.8 Å². The average molecular weight is 187 g/mol. The molecule has 1 rings (SSSR count). The molecular formula is C9H10NNaO2. The first-order chi connectivity index (χ1) is 5.74. The molecule has 1 aromatic carbocycles. The molecule has 0 atom stereocenters. The molecule has 0 spiro atoms. The molecule has 0 amide bonds. The molecule has 1 aromatic rings. The molecule has 0 unspecified atom stereocenters. The first kappa shape index (κ1) is 12.5. The van der Waals surface area contributed by atoms with Gasteiger partial charge in [0.2, 0.25) is 0 Å². The van der Waals surface area contributed by atoms with Crippen LogP contribution in [0.25, 0.3) is 0 Å². The average Bonchev–Trinajstić information content (AvgIpc) is 2.06. The van der Waals surface area contributed by atoms with Gasteiger partial charge >= 0.3 is 35.5 Å². The Hall–Kier alpha value is -0.510. The van der Waals surface area contributed by atoms with Gasteiger partial charge in [-0.15, -0.1) is 0 Å². The van der Waals surface area contributed by atoms with Gasteiger partial charge in [0.1, 0.15) is 0 Å². The Kier molecular flexibility index (Phi) is 5.79. The summed E-state index contributed by atoms with van der Waals surface area (Å²) in [5, 5.41) is 0. The van der Waals surface area contributed by atoms with Crippen LogP contribution >= 0.6 is 0 Å². The van der Waals surface area contributed by atoms with Gasteiger partial charge in [-0.05, 0) is 30.9 Å². The number of carbonyl (C=O) groups is 1. The molecule has 0 radical (unpaired) electrons. The fourth-order valence-corrected chi connectivity index (χ4v) is 0.795. The zero-order valence-corrected chi connectivity index (χ0v) is 9.62. The number of hydrogen-bond acceptors (Lipinski definition) is 3. The minimum absolute atomic E-state index is 0. The van der Waals surface area contributed by atoms with E-state index in [1.807, 2.05) is 0 Å². The Bertz CT molecular complexity index is 271. The minimum atomic E-state index is -0.370. The fourth-order valence-electron chi connectivity index (χ4n) is 0.795. The van der Waals surface area contributed by atoms with E-state index in [0.29, 0.717) is 11.3 Å². The number of ether oxygens (including phenoxy) is 1. The van der Waals surface area contributed by atoms with Crippen molar-refractivity contribution < 1.29 is 39.1 Å². The van der Waals surface area contributed by atoms with Gasteiger partial charge in [0, 0.05) is 5.69 Å².